The number of benzene rings is 5. The summed E-state index contributed by atoms with van der Waals surface area (Å²) in [6, 6.07) is 34.7. The number of halogens is 1. The van der Waals surface area contributed by atoms with Crippen LogP contribution in [0.5, 0.6) is 11.5 Å². The highest BCUT2D eigenvalue weighted by Gasteiger charge is 2.26. The van der Waals surface area contributed by atoms with Crippen molar-refractivity contribution in [2.75, 3.05) is 4.90 Å². The second-order valence-corrected chi connectivity index (χ2v) is 9.71. The predicted octanol–water partition coefficient (Wildman–Crippen LogP) is 8.67. The third kappa shape index (κ3) is 3.07. The van der Waals surface area contributed by atoms with Crippen molar-refractivity contribution in [1.82, 2.24) is 0 Å². The topological polar surface area (TPSA) is 12.5 Å². The van der Waals surface area contributed by atoms with E-state index in [9.17, 15) is 0 Å². The Balaban J connectivity index is 1.34. The van der Waals surface area contributed by atoms with Crippen LogP contribution in [0, 0.1) is 0 Å². The van der Waals surface area contributed by atoms with Crippen LogP contribution in [0.3, 0.4) is 0 Å². The monoisotopic (exact) mass is 489 g/mol. The van der Waals surface area contributed by atoms with Crippen LogP contribution in [0.15, 0.2) is 102 Å². The molecule has 158 valence electrons. The molecule has 0 spiro atoms. The van der Waals surface area contributed by atoms with E-state index < -0.39 is 0 Å². The van der Waals surface area contributed by atoms with Crippen molar-refractivity contribution in [2.24, 2.45) is 0 Å². The molecule has 0 radical (unpaired) electrons. The first-order valence-corrected chi connectivity index (χ1v) is 12.0. The van der Waals surface area contributed by atoms with Crippen molar-refractivity contribution in [3.63, 3.8) is 0 Å². The highest BCUT2D eigenvalue weighted by Crippen LogP contribution is 2.50. The Morgan fingerprint density at radius 1 is 0.576 bits per heavy atom. The molecule has 0 bridgehead atoms. The maximum Gasteiger partial charge on any atom is 0.151 e. The standard InChI is InChI=1S/C30H20BrNO/c31-25-11-9-19-13-22-16-24-18-26(12-10-20(24)14-21(22)15-23(19)17-25)32-27-5-1-3-7-29(27)33-30-8-4-2-6-28(30)32/h1-13,15,17-18H,14,16H2. The Labute approximate surface area is 201 Å². The molecule has 0 atom stereocenters. The molecular formula is C30H20BrNO. The van der Waals surface area contributed by atoms with Crippen LogP contribution in [0.4, 0.5) is 17.1 Å². The minimum Gasteiger partial charge on any atom is -0.453 e. The number of rotatable bonds is 1. The Bertz CT molecular complexity index is 1530. The maximum absolute atomic E-state index is 6.19. The van der Waals surface area contributed by atoms with Crippen molar-refractivity contribution in [3.8, 4) is 11.5 Å². The minimum absolute atomic E-state index is 0.886. The van der Waals surface area contributed by atoms with Crippen molar-refractivity contribution in [2.45, 2.75) is 12.8 Å². The van der Waals surface area contributed by atoms with E-state index in [1.807, 2.05) is 24.3 Å². The van der Waals surface area contributed by atoms with Gasteiger partial charge in [-0.3, -0.25) is 0 Å². The van der Waals surface area contributed by atoms with Gasteiger partial charge < -0.3 is 9.64 Å². The fraction of sp³-hybridized carbons (Fsp3) is 0.0667. The summed E-state index contributed by atoms with van der Waals surface area (Å²) in [6.45, 7) is 0. The fourth-order valence-electron chi connectivity index (χ4n) is 5.17. The highest BCUT2D eigenvalue weighted by atomic mass is 79.9. The average Bonchev–Trinajstić information content (AvgIpc) is 2.84. The van der Waals surface area contributed by atoms with E-state index >= 15 is 0 Å². The fourth-order valence-corrected chi connectivity index (χ4v) is 5.55. The van der Waals surface area contributed by atoms with Crippen LogP contribution in [0.1, 0.15) is 22.3 Å². The van der Waals surface area contributed by atoms with Crippen molar-refractivity contribution < 1.29 is 4.74 Å². The van der Waals surface area contributed by atoms with E-state index in [-0.39, 0.29) is 0 Å². The molecule has 0 aromatic heterocycles. The Kier molecular flexibility index (Phi) is 4.15. The molecular weight excluding hydrogens is 470 g/mol. The Hall–Kier alpha value is -3.56. The lowest BCUT2D eigenvalue weighted by atomic mass is 9.84. The largest absolute Gasteiger partial charge is 0.453 e. The zero-order chi connectivity index (χ0) is 21.9. The summed E-state index contributed by atoms with van der Waals surface area (Å²) in [6.07, 6.45) is 1.93. The van der Waals surface area contributed by atoms with Crippen LogP contribution in [0.2, 0.25) is 0 Å². The zero-order valence-corrected chi connectivity index (χ0v) is 19.5. The van der Waals surface area contributed by atoms with Gasteiger partial charge in [0.05, 0.1) is 11.4 Å². The Morgan fingerprint density at radius 3 is 1.97 bits per heavy atom. The molecule has 2 aliphatic rings. The smallest absolute Gasteiger partial charge is 0.151 e. The number of nitrogens with zero attached hydrogens (tertiary/aromatic N) is 1. The van der Waals surface area contributed by atoms with E-state index in [0.29, 0.717) is 0 Å². The van der Waals surface area contributed by atoms with Gasteiger partial charge in [-0.15, -0.1) is 0 Å². The van der Waals surface area contributed by atoms with Crippen molar-refractivity contribution in [1.29, 1.82) is 0 Å². The molecule has 0 saturated heterocycles. The number of fused-ring (bicyclic) bond motifs is 5. The van der Waals surface area contributed by atoms with Crippen LogP contribution < -0.4 is 9.64 Å². The zero-order valence-electron chi connectivity index (χ0n) is 17.9. The SMILES string of the molecule is Brc1ccc2cc3c(cc2c1)Cc1ccc(N2c4ccccc4Oc4ccccc42)cc1C3. The number of ether oxygens (including phenoxy) is 1. The first kappa shape index (κ1) is 19.0. The van der Waals surface area contributed by atoms with Gasteiger partial charge in [-0.25, -0.2) is 0 Å². The van der Waals surface area contributed by atoms with Gasteiger partial charge >= 0.3 is 0 Å². The summed E-state index contributed by atoms with van der Waals surface area (Å²) in [5.74, 6) is 1.77. The second-order valence-electron chi connectivity index (χ2n) is 8.79. The summed E-state index contributed by atoms with van der Waals surface area (Å²) >= 11 is 3.61. The predicted molar refractivity (Wildman–Crippen MR) is 138 cm³/mol. The molecule has 1 heterocycles. The number of para-hydroxylation sites is 4. The van der Waals surface area contributed by atoms with Crippen molar-refractivity contribution >= 4 is 43.8 Å². The lowest BCUT2D eigenvalue weighted by molar-refractivity contribution is 0.477. The van der Waals surface area contributed by atoms with E-state index in [1.54, 1.807) is 0 Å². The van der Waals surface area contributed by atoms with Crippen LogP contribution in [-0.2, 0) is 12.8 Å². The third-order valence-corrected chi connectivity index (χ3v) is 7.26. The summed E-state index contributed by atoms with van der Waals surface area (Å²) in [5, 5.41) is 2.59. The van der Waals surface area contributed by atoms with E-state index in [4.69, 9.17) is 4.74 Å². The van der Waals surface area contributed by atoms with Gasteiger partial charge in [0.1, 0.15) is 0 Å². The molecule has 0 N–H and O–H groups in total. The number of hydrogen-bond donors (Lipinski definition) is 0. The Morgan fingerprint density at radius 2 is 1.21 bits per heavy atom. The van der Waals surface area contributed by atoms with E-state index in [0.717, 1.165) is 40.2 Å². The quantitative estimate of drug-likeness (QED) is 0.228. The summed E-state index contributed by atoms with van der Waals surface area (Å²) in [4.78, 5) is 2.32. The molecule has 0 amide bonds. The molecule has 5 aromatic carbocycles. The lowest BCUT2D eigenvalue weighted by Gasteiger charge is -2.33. The highest BCUT2D eigenvalue weighted by molar-refractivity contribution is 9.10. The van der Waals surface area contributed by atoms with Gasteiger partial charge in [0.25, 0.3) is 0 Å². The van der Waals surface area contributed by atoms with Crippen LogP contribution in [-0.4, -0.2) is 0 Å². The second kappa shape index (κ2) is 7.23. The molecule has 3 heteroatoms. The van der Waals surface area contributed by atoms with Crippen molar-refractivity contribution in [3.05, 3.63) is 124 Å². The lowest BCUT2D eigenvalue weighted by Crippen LogP contribution is -2.16. The van der Waals surface area contributed by atoms with Gasteiger partial charge in [-0.1, -0.05) is 64.5 Å². The summed E-state index contributed by atoms with van der Waals surface area (Å²) in [5.41, 5.74) is 8.99. The normalized spacial score (nSPS) is 13.5. The molecule has 1 aliphatic heterocycles. The average molecular weight is 490 g/mol. The minimum atomic E-state index is 0.886. The molecule has 0 unspecified atom stereocenters. The van der Waals surface area contributed by atoms with Gasteiger partial charge in [-0.05, 0) is 94.4 Å². The maximum atomic E-state index is 6.19. The van der Waals surface area contributed by atoms with Crippen LogP contribution >= 0.6 is 15.9 Å². The van der Waals surface area contributed by atoms with Gasteiger partial charge in [0.2, 0.25) is 0 Å². The summed E-state index contributed by atoms with van der Waals surface area (Å²) < 4.78 is 7.32. The molecule has 5 aromatic rings. The van der Waals surface area contributed by atoms with E-state index in [1.165, 1.54) is 38.7 Å². The first-order chi connectivity index (χ1) is 16.2. The van der Waals surface area contributed by atoms with Gasteiger partial charge in [-0.2, -0.15) is 0 Å². The molecule has 1 aliphatic carbocycles. The number of anilines is 3. The van der Waals surface area contributed by atoms with Gasteiger partial charge in [0, 0.05) is 10.2 Å². The first-order valence-electron chi connectivity index (χ1n) is 11.2. The van der Waals surface area contributed by atoms with Gasteiger partial charge in [0.15, 0.2) is 11.5 Å². The third-order valence-electron chi connectivity index (χ3n) is 6.76. The number of hydrogen-bond acceptors (Lipinski definition) is 2. The molecule has 7 rings (SSSR count). The molecule has 33 heavy (non-hydrogen) atoms. The molecule has 2 nitrogen and oxygen atoms in total. The molecule has 0 saturated carbocycles. The van der Waals surface area contributed by atoms with Crippen LogP contribution in [0.25, 0.3) is 10.8 Å². The summed E-state index contributed by atoms with van der Waals surface area (Å²) in [7, 11) is 0. The molecule has 0 fully saturated rings. The van der Waals surface area contributed by atoms with E-state index in [2.05, 4.69) is 93.6 Å².